The van der Waals surface area contributed by atoms with Crippen LogP contribution in [0.5, 0.6) is 0 Å². The first-order valence-corrected chi connectivity index (χ1v) is 9.46. The van der Waals surface area contributed by atoms with E-state index in [-0.39, 0.29) is 42.3 Å². The molecule has 0 aliphatic carbocycles. The molecule has 2 aromatic rings. The second-order valence-electron chi connectivity index (χ2n) is 7.18. The highest BCUT2D eigenvalue weighted by Gasteiger charge is 2.35. The molecule has 2 aliphatic rings. The highest BCUT2D eigenvalue weighted by molar-refractivity contribution is 6.21. The van der Waals surface area contributed by atoms with Crippen LogP contribution >= 0.6 is 0 Å². The Morgan fingerprint density at radius 2 is 1.69 bits per heavy atom. The van der Waals surface area contributed by atoms with Gasteiger partial charge < -0.3 is 10.0 Å². The molecule has 9 nitrogen and oxygen atoms in total. The molecule has 0 bridgehead atoms. The number of nitrogens with zero attached hydrogens (tertiary/aromatic N) is 4. The maximum Gasteiger partial charge on any atom is 0.338 e. The molecule has 0 atom stereocenters. The summed E-state index contributed by atoms with van der Waals surface area (Å²) in [6.07, 6.45) is 4.24. The van der Waals surface area contributed by atoms with Crippen LogP contribution in [-0.2, 0) is 4.79 Å². The zero-order valence-corrected chi connectivity index (χ0v) is 15.7. The highest BCUT2D eigenvalue weighted by Crippen LogP contribution is 2.24. The molecule has 0 unspecified atom stereocenters. The molecule has 0 saturated carbocycles. The summed E-state index contributed by atoms with van der Waals surface area (Å²) in [4.78, 5) is 51.1. The molecule has 3 amide bonds. The zero-order chi connectivity index (χ0) is 20.5. The van der Waals surface area contributed by atoms with E-state index in [1.807, 2.05) is 0 Å². The number of benzene rings is 1. The van der Waals surface area contributed by atoms with Crippen molar-refractivity contribution in [2.24, 2.45) is 0 Å². The van der Waals surface area contributed by atoms with Gasteiger partial charge in [0, 0.05) is 32.3 Å². The third-order valence-electron chi connectivity index (χ3n) is 5.47. The molecule has 1 N–H and O–H groups in total. The van der Waals surface area contributed by atoms with Gasteiger partial charge in [0.15, 0.2) is 0 Å². The minimum Gasteiger partial charge on any atom is -0.478 e. The standard InChI is InChI=1S/C20H20N4O5/c25-17(7-10-23-18(26)15-3-1-2-4-16(15)19(23)27)22-8-5-14(6-9-22)24-12-13(11-21-24)20(28)29/h1-4,11-12,14H,5-10H2,(H,28,29). The largest absolute Gasteiger partial charge is 0.478 e. The SMILES string of the molecule is O=C(O)c1cnn(C2CCN(C(=O)CCN3C(=O)c4ccccc4C3=O)CC2)c1. The van der Waals surface area contributed by atoms with Crippen LogP contribution < -0.4 is 0 Å². The Kier molecular flexibility index (Phi) is 4.87. The summed E-state index contributed by atoms with van der Waals surface area (Å²) >= 11 is 0. The van der Waals surface area contributed by atoms with Crippen LogP contribution in [0.15, 0.2) is 36.7 Å². The van der Waals surface area contributed by atoms with Crippen molar-refractivity contribution in [1.82, 2.24) is 19.6 Å². The Hall–Kier alpha value is -3.49. The average Bonchev–Trinajstić information content (AvgIpc) is 3.32. The molecular weight excluding hydrogens is 376 g/mol. The van der Waals surface area contributed by atoms with Gasteiger partial charge in [-0.25, -0.2) is 4.79 Å². The third kappa shape index (κ3) is 3.51. The quantitative estimate of drug-likeness (QED) is 0.765. The van der Waals surface area contributed by atoms with Crippen LogP contribution in [0.25, 0.3) is 0 Å². The van der Waals surface area contributed by atoms with Gasteiger partial charge >= 0.3 is 5.97 Å². The molecule has 1 fully saturated rings. The number of hydrogen-bond acceptors (Lipinski definition) is 5. The van der Waals surface area contributed by atoms with Crippen molar-refractivity contribution in [3.05, 3.63) is 53.3 Å². The van der Waals surface area contributed by atoms with Crippen molar-refractivity contribution < 1.29 is 24.3 Å². The zero-order valence-electron chi connectivity index (χ0n) is 15.7. The fraction of sp³-hybridized carbons (Fsp3) is 0.350. The summed E-state index contributed by atoms with van der Waals surface area (Å²) in [5.41, 5.74) is 0.904. The van der Waals surface area contributed by atoms with Crippen LogP contribution in [0.1, 0.15) is 56.4 Å². The number of carboxylic acid groups (broad SMARTS) is 1. The van der Waals surface area contributed by atoms with Crippen LogP contribution in [0.4, 0.5) is 0 Å². The maximum atomic E-state index is 12.6. The number of carbonyl (C=O) groups is 4. The molecule has 4 rings (SSSR count). The van der Waals surface area contributed by atoms with Crippen LogP contribution in [0.3, 0.4) is 0 Å². The Balaban J connectivity index is 1.30. The van der Waals surface area contributed by atoms with Crippen molar-refractivity contribution in [3.63, 3.8) is 0 Å². The number of carboxylic acids is 1. The highest BCUT2D eigenvalue weighted by atomic mass is 16.4. The van der Waals surface area contributed by atoms with Crippen LogP contribution in [0, 0.1) is 0 Å². The number of rotatable bonds is 5. The fourth-order valence-electron chi connectivity index (χ4n) is 3.84. The number of aromatic carboxylic acids is 1. The molecular formula is C20H20N4O5. The van der Waals surface area contributed by atoms with Gasteiger partial charge in [-0.15, -0.1) is 0 Å². The monoisotopic (exact) mass is 396 g/mol. The number of imide groups is 1. The lowest BCUT2D eigenvalue weighted by Crippen LogP contribution is -2.41. The van der Waals surface area contributed by atoms with Gasteiger partial charge in [-0.1, -0.05) is 12.1 Å². The number of amides is 3. The molecule has 1 aromatic heterocycles. The summed E-state index contributed by atoms with van der Waals surface area (Å²) in [7, 11) is 0. The van der Waals surface area contributed by atoms with Gasteiger partial charge in [0.25, 0.3) is 11.8 Å². The number of carbonyl (C=O) groups excluding carboxylic acids is 3. The van der Waals surface area contributed by atoms with Gasteiger partial charge in [0.1, 0.15) is 0 Å². The molecule has 1 saturated heterocycles. The second-order valence-corrected chi connectivity index (χ2v) is 7.18. The lowest BCUT2D eigenvalue weighted by molar-refractivity contribution is -0.132. The van der Waals surface area contributed by atoms with E-state index in [4.69, 9.17) is 5.11 Å². The van der Waals surface area contributed by atoms with E-state index in [0.29, 0.717) is 37.1 Å². The number of fused-ring (bicyclic) bond motifs is 1. The number of piperidine rings is 1. The first-order valence-electron chi connectivity index (χ1n) is 9.46. The summed E-state index contributed by atoms with van der Waals surface area (Å²) in [6, 6.07) is 6.70. The van der Waals surface area contributed by atoms with E-state index in [1.54, 1.807) is 33.8 Å². The molecule has 0 radical (unpaired) electrons. The summed E-state index contributed by atoms with van der Waals surface area (Å²) in [5, 5.41) is 13.1. The van der Waals surface area contributed by atoms with Crippen molar-refractivity contribution in [2.75, 3.05) is 19.6 Å². The first-order chi connectivity index (χ1) is 14.0. The molecule has 1 aromatic carbocycles. The topological polar surface area (TPSA) is 113 Å². The summed E-state index contributed by atoms with van der Waals surface area (Å²) in [6.45, 7) is 1.11. The van der Waals surface area contributed by atoms with E-state index in [9.17, 15) is 19.2 Å². The molecule has 0 spiro atoms. The van der Waals surface area contributed by atoms with E-state index >= 15 is 0 Å². The predicted octanol–water partition coefficient (Wildman–Crippen LogP) is 1.43. The number of likely N-dealkylation sites (tertiary alicyclic amines) is 1. The Bertz CT molecular complexity index is 955. The van der Waals surface area contributed by atoms with Crippen molar-refractivity contribution in [2.45, 2.75) is 25.3 Å². The number of hydrogen-bond donors (Lipinski definition) is 1. The summed E-state index contributed by atoms with van der Waals surface area (Å²) < 4.78 is 1.64. The Labute approximate surface area is 166 Å². The molecule has 2 aliphatic heterocycles. The first kappa shape index (κ1) is 18.9. The minimum atomic E-state index is -1.02. The van der Waals surface area contributed by atoms with E-state index in [0.717, 1.165) is 4.90 Å². The third-order valence-corrected chi connectivity index (χ3v) is 5.47. The smallest absolute Gasteiger partial charge is 0.338 e. The van der Waals surface area contributed by atoms with Crippen molar-refractivity contribution in [3.8, 4) is 0 Å². The molecule has 150 valence electrons. The van der Waals surface area contributed by atoms with Crippen molar-refractivity contribution in [1.29, 1.82) is 0 Å². The predicted molar refractivity (Wildman–Crippen MR) is 100 cm³/mol. The van der Waals surface area contributed by atoms with E-state index in [1.165, 1.54) is 12.4 Å². The Morgan fingerprint density at radius 1 is 1.07 bits per heavy atom. The van der Waals surface area contributed by atoms with Gasteiger partial charge in [-0.2, -0.15) is 5.10 Å². The van der Waals surface area contributed by atoms with Crippen LogP contribution in [-0.4, -0.2) is 68.0 Å². The second kappa shape index (κ2) is 7.50. The van der Waals surface area contributed by atoms with Gasteiger partial charge in [-0.05, 0) is 25.0 Å². The minimum absolute atomic E-state index is 0.0448. The molecule has 29 heavy (non-hydrogen) atoms. The summed E-state index contributed by atoms with van der Waals surface area (Å²) in [5.74, 6) is -1.83. The van der Waals surface area contributed by atoms with Crippen LogP contribution in [0.2, 0.25) is 0 Å². The average molecular weight is 396 g/mol. The van der Waals surface area contributed by atoms with Gasteiger partial charge in [0.2, 0.25) is 5.91 Å². The van der Waals surface area contributed by atoms with Gasteiger partial charge in [-0.3, -0.25) is 24.0 Å². The fourth-order valence-corrected chi connectivity index (χ4v) is 3.84. The number of aromatic nitrogens is 2. The normalized spacial score (nSPS) is 17.0. The van der Waals surface area contributed by atoms with E-state index < -0.39 is 5.97 Å². The lowest BCUT2D eigenvalue weighted by atomic mass is 10.0. The van der Waals surface area contributed by atoms with E-state index in [2.05, 4.69) is 5.10 Å². The van der Waals surface area contributed by atoms with Crippen molar-refractivity contribution >= 4 is 23.7 Å². The molecule has 3 heterocycles. The Morgan fingerprint density at radius 3 is 2.24 bits per heavy atom. The maximum absolute atomic E-state index is 12.6. The lowest BCUT2D eigenvalue weighted by Gasteiger charge is -2.32. The van der Waals surface area contributed by atoms with Gasteiger partial charge in [0.05, 0.1) is 28.9 Å². The molecule has 9 heteroatoms.